The van der Waals surface area contributed by atoms with Gasteiger partial charge in [0.2, 0.25) is 5.91 Å². The SMILES string of the molecule is CCNC(=NCCSc1ccccc1F)NC1CCN(C(=O)C(C)C)C1. The van der Waals surface area contributed by atoms with E-state index in [1.807, 2.05) is 31.7 Å². The van der Waals surface area contributed by atoms with Gasteiger partial charge in [0.05, 0.1) is 6.54 Å². The fourth-order valence-corrected chi connectivity index (χ4v) is 3.61. The summed E-state index contributed by atoms with van der Waals surface area (Å²) in [5, 5.41) is 6.65. The molecule has 1 atom stereocenters. The number of rotatable bonds is 7. The number of likely N-dealkylation sites (tertiary alicyclic amines) is 1. The summed E-state index contributed by atoms with van der Waals surface area (Å²) in [5.74, 6) is 1.52. The lowest BCUT2D eigenvalue weighted by atomic mass is 10.2. The third-order valence-electron chi connectivity index (χ3n) is 4.13. The standard InChI is InChI=1S/C19H29FN4OS/c1-4-21-19(22-10-12-26-17-8-6-5-7-16(17)20)23-15-9-11-24(13-15)18(25)14(2)3/h5-8,14-15H,4,9-13H2,1-3H3,(H2,21,22,23). The lowest BCUT2D eigenvalue weighted by Crippen LogP contribution is -2.45. The molecule has 1 heterocycles. The Labute approximate surface area is 159 Å². The van der Waals surface area contributed by atoms with Crippen LogP contribution in [0.25, 0.3) is 0 Å². The van der Waals surface area contributed by atoms with Crippen LogP contribution in [-0.4, -0.2) is 54.7 Å². The van der Waals surface area contributed by atoms with Gasteiger partial charge in [-0.25, -0.2) is 4.39 Å². The predicted octanol–water partition coefficient (Wildman–Crippen LogP) is 2.73. The molecule has 1 aromatic carbocycles. The van der Waals surface area contributed by atoms with Crippen molar-refractivity contribution >= 4 is 23.6 Å². The van der Waals surface area contributed by atoms with Crippen molar-refractivity contribution in [3.63, 3.8) is 0 Å². The van der Waals surface area contributed by atoms with E-state index in [9.17, 15) is 9.18 Å². The van der Waals surface area contributed by atoms with Crippen LogP contribution in [0.2, 0.25) is 0 Å². The van der Waals surface area contributed by atoms with Crippen LogP contribution in [-0.2, 0) is 4.79 Å². The van der Waals surface area contributed by atoms with E-state index in [1.165, 1.54) is 17.8 Å². The van der Waals surface area contributed by atoms with E-state index in [0.29, 0.717) is 23.7 Å². The molecule has 5 nitrogen and oxygen atoms in total. The topological polar surface area (TPSA) is 56.7 Å². The van der Waals surface area contributed by atoms with Gasteiger partial charge in [-0.3, -0.25) is 9.79 Å². The molecule has 2 rings (SSSR count). The van der Waals surface area contributed by atoms with Crippen LogP contribution >= 0.6 is 11.8 Å². The van der Waals surface area contributed by atoms with E-state index in [2.05, 4.69) is 15.6 Å². The molecule has 0 aromatic heterocycles. The van der Waals surface area contributed by atoms with E-state index >= 15 is 0 Å². The van der Waals surface area contributed by atoms with Crippen molar-refractivity contribution in [2.75, 3.05) is 31.9 Å². The summed E-state index contributed by atoms with van der Waals surface area (Å²) in [6, 6.07) is 7.01. The van der Waals surface area contributed by atoms with Gasteiger partial charge in [0.1, 0.15) is 5.82 Å². The second-order valence-corrected chi connectivity index (χ2v) is 7.75. The van der Waals surface area contributed by atoms with Gasteiger partial charge in [-0.1, -0.05) is 26.0 Å². The van der Waals surface area contributed by atoms with Crippen molar-refractivity contribution in [1.29, 1.82) is 0 Å². The Morgan fingerprint density at radius 2 is 2.19 bits per heavy atom. The summed E-state index contributed by atoms with van der Waals surface area (Å²) >= 11 is 1.47. The first kappa shape index (κ1) is 20.6. The van der Waals surface area contributed by atoms with Crippen LogP contribution < -0.4 is 10.6 Å². The van der Waals surface area contributed by atoms with Crippen LogP contribution in [0.1, 0.15) is 27.2 Å². The molecular formula is C19H29FN4OS. The number of benzene rings is 1. The number of amides is 1. The molecule has 144 valence electrons. The first-order chi connectivity index (χ1) is 12.5. The van der Waals surface area contributed by atoms with Crippen LogP contribution in [0.4, 0.5) is 4.39 Å². The quantitative estimate of drug-likeness (QED) is 0.331. The number of carbonyl (C=O) groups excluding carboxylic acids is 1. The van der Waals surface area contributed by atoms with Crippen LogP contribution in [0.5, 0.6) is 0 Å². The molecule has 0 saturated carbocycles. The third-order valence-corrected chi connectivity index (χ3v) is 5.16. The minimum atomic E-state index is -0.188. The fourth-order valence-electron chi connectivity index (χ4n) is 2.83. The number of thioether (sulfide) groups is 1. The number of halogens is 1. The number of hydrogen-bond donors (Lipinski definition) is 2. The zero-order valence-corrected chi connectivity index (χ0v) is 16.6. The Hall–Kier alpha value is -1.76. The molecule has 7 heteroatoms. The van der Waals surface area contributed by atoms with Crippen molar-refractivity contribution in [2.45, 2.75) is 38.1 Å². The van der Waals surface area contributed by atoms with Crippen molar-refractivity contribution < 1.29 is 9.18 Å². The molecule has 0 radical (unpaired) electrons. The van der Waals surface area contributed by atoms with E-state index in [1.54, 1.807) is 12.1 Å². The molecule has 1 amide bonds. The van der Waals surface area contributed by atoms with E-state index in [4.69, 9.17) is 0 Å². The number of nitrogens with one attached hydrogen (secondary N) is 2. The summed E-state index contributed by atoms with van der Waals surface area (Å²) in [5.41, 5.74) is 0. The predicted molar refractivity (Wildman–Crippen MR) is 106 cm³/mol. The summed E-state index contributed by atoms with van der Waals surface area (Å²) < 4.78 is 13.6. The molecule has 0 aliphatic carbocycles. The fraction of sp³-hybridized carbons (Fsp3) is 0.579. The van der Waals surface area contributed by atoms with Gasteiger partial charge in [0.25, 0.3) is 0 Å². The molecule has 1 unspecified atom stereocenters. The Bertz CT molecular complexity index is 623. The first-order valence-electron chi connectivity index (χ1n) is 9.22. The molecule has 0 bridgehead atoms. The van der Waals surface area contributed by atoms with Gasteiger partial charge in [0, 0.05) is 42.2 Å². The smallest absolute Gasteiger partial charge is 0.225 e. The van der Waals surface area contributed by atoms with Crippen molar-refractivity contribution in [3.8, 4) is 0 Å². The third kappa shape index (κ3) is 6.20. The largest absolute Gasteiger partial charge is 0.357 e. The Morgan fingerprint density at radius 1 is 1.42 bits per heavy atom. The average molecular weight is 381 g/mol. The first-order valence-corrected chi connectivity index (χ1v) is 10.2. The Kier molecular flexibility index (Phi) is 8.22. The normalized spacial score (nSPS) is 17.7. The minimum Gasteiger partial charge on any atom is -0.357 e. The van der Waals surface area contributed by atoms with Crippen LogP contribution in [0.15, 0.2) is 34.2 Å². The Balaban J connectivity index is 1.81. The number of hydrogen-bond acceptors (Lipinski definition) is 3. The monoisotopic (exact) mass is 380 g/mol. The number of aliphatic imine (C=N–C) groups is 1. The summed E-state index contributed by atoms with van der Waals surface area (Å²) in [7, 11) is 0. The van der Waals surface area contributed by atoms with Gasteiger partial charge in [-0.05, 0) is 25.5 Å². The molecule has 1 saturated heterocycles. The van der Waals surface area contributed by atoms with Crippen molar-refractivity contribution in [3.05, 3.63) is 30.1 Å². The molecule has 1 fully saturated rings. The Morgan fingerprint density at radius 3 is 2.88 bits per heavy atom. The molecule has 1 aromatic rings. The summed E-state index contributed by atoms with van der Waals surface area (Å²) in [6.07, 6.45) is 0.923. The van der Waals surface area contributed by atoms with Gasteiger partial charge in [-0.2, -0.15) is 0 Å². The van der Waals surface area contributed by atoms with Crippen molar-refractivity contribution in [1.82, 2.24) is 15.5 Å². The van der Waals surface area contributed by atoms with Gasteiger partial charge in [-0.15, -0.1) is 11.8 Å². The molecule has 26 heavy (non-hydrogen) atoms. The van der Waals surface area contributed by atoms with E-state index < -0.39 is 0 Å². The second kappa shape index (κ2) is 10.4. The number of carbonyl (C=O) groups is 1. The maximum Gasteiger partial charge on any atom is 0.225 e. The molecule has 0 spiro atoms. The zero-order valence-electron chi connectivity index (χ0n) is 15.8. The van der Waals surface area contributed by atoms with Gasteiger partial charge < -0.3 is 15.5 Å². The second-order valence-electron chi connectivity index (χ2n) is 6.61. The molecule has 2 N–H and O–H groups in total. The van der Waals surface area contributed by atoms with Gasteiger partial charge >= 0.3 is 0 Å². The highest BCUT2D eigenvalue weighted by molar-refractivity contribution is 7.99. The maximum atomic E-state index is 13.6. The number of guanidine groups is 1. The van der Waals surface area contributed by atoms with Crippen molar-refractivity contribution in [2.24, 2.45) is 10.9 Å². The molecule has 1 aliphatic heterocycles. The molecule has 1 aliphatic rings. The zero-order chi connectivity index (χ0) is 18.9. The van der Waals surface area contributed by atoms with Crippen LogP contribution in [0.3, 0.4) is 0 Å². The summed E-state index contributed by atoms with van der Waals surface area (Å²) in [4.78, 5) is 19.2. The van der Waals surface area contributed by atoms with E-state index in [-0.39, 0.29) is 23.7 Å². The molecular weight excluding hydrogens is 351 g/mol. The minimum absolute atomic E-state index is 0.0334. The van der Waals surface area contributed by atoms with Gasteiger partial charge in [0.15, 0.2) is 5.96 Å². The summed E-state index contributed by atoms with van der Waals surface area (Å²) in [6.45, 7) is 8.75. The lowest BCUT2D eigenvalue weighted by molar-refractivity contribution is -0.133. The number of nitrogens with zero attached hydrogens (tertiary/aromatic N) is 2. The average Bonchev–Trinajstić information content (AvgIpc) is 3.07. The highest BCUT2D eigenvalue weighted by atomic mass is 32.2. The van der Waals surface area contributed by atoms with Crippen LogP contribution in [0, 0.1) is 11.7 Å². The highest BCUT2D eigenvalue weighted by Gasteiger charge is 2.27. The highest BCUT2D eigenvalue weighted by Crippen LogP contribution is 2.20. The maximum absolute atomic E-state index is 13.6. The van der Waals surface area contributed by atoms with E-state index in [0.717, 1.165) is 25.5 Å². The lowest BCUT2D eigenvalue weighted by Gasteiger charge is -2.20.